The van der Waals surface area contributed by atoms with Gasteiger partial charge >= 0.3 is 0 Å². The quantitative estimate of drug-likeness (QED) is 0.634. The molecule has 0 aromatic heterocycles. The van der Waals surface area contributed by atoms with E-state index in [0.717, 1.165) is 13.0 Å². The summed E-state index contributed by atoms with van der Waals surface area (Å²) in [6, 6.07) is 0. The van der Waals surface area contributed by atoms with Gasteiger partial charge in [-0.15, -0.1) is 12.6 Å². The number of thiol groups is 1. The molecule has 0 radical (unpaired) electrons. The Morgan fingerprint density at radius 1 is 1.47 bits per heavy atom. The van der Waals surface area contributed by atoms with E-state index in [1.54, 1.807) is 0 Å². The van der Waals surface area contributed by atoms with Crippen molar-refractivity contribution in [3.63, 3.8) is 0 Å². The summed E-state index contributed by atoms with van der Waals surface area (Å²) in [6.07, 6.45) is 2.27. The summed E-state index contributed by atoms with van der Waals surface area (Å²) in [5, 5.41) is 0. The molecule has 2 nitrogen and oxygen atoms in total. The zero-order valence-electron chi connectivity index (χ0n) is 9.41. The van der Waals surface area contributed by atoms with Crippen molar-refractivity contribution in [2.24, 2.45) is 5.92 Å². The number of hydrogen-bond donors (Lipinski definition) is 1. The van der Waals surface area contributed by atoms with Gasteiger partial charge in [0.2, 0.25) is 5.43 Å². The van der Waals surface area contributed by atoms with Gasteiger partial charge < -0.3 is 4.90 Å². The molecule has 0 unspecified atom stereocenters. The van der Waals surface area contributed by atoms with Crippen LogP contribution in [0.5, 0.6) is 0 Å². The summed E-state index contributed by atoms with van der Waals surface area (Å²) >= 11 is 9.08. The van der Waals surface area contributed by atoms with Crippen LogP contribution in [-0.4, -0.2) is 13.6 Å². The lowest BCUT2D eigenvalue weighted by Gasteiger charge is -2.22. The average molecular weight is 243 g/mol. The molecule has 0 saturated carbocycles. The molecule has 0 heterocycles. The van der Waals surface area contributed by atoms with Gasteiger partial charge in [0.1, 0.15) is 10.2 Å². The summed E-state index contributed by atoms with van der Waals surface area (Å²) in [5.74, 6) is 0.709. The smallest absolute Gasteiger partial charge is 0.222 e. The van der Waals surface area contributed by atoms with E-state index < -0.39 is 0 Å². The first-order valence-electron chi connectivity index (χ1n) is 5.18. The highest BCUT2D eigenvalue weighted by molar-refractivity contribution is 7.81. The van der Waals surface area contributed by atoms with Crippen LogP contribution in [0.25, 0.3) is 0 Å². The van der Waals surface area contributed by atoms with Crippen molar-refractivity contribution in [1.82, 2.24) is 0 Å². The van der Waals surface area contributed by atoms with Crippen LogP contribution in [0.3, 0.4) is 0 Å². The molecule has 0 bridgehead atoms. The number of rotatable bonds is 5. The maximum absolute atomic E-state index is 11.4. The first-order valence-corrected chi connectivity index (χ1v) is 6.04. The average Bonchev–Trinajstić information content (AvgIpc) is 2.17. The third-order valence-corrected chi connectivity index (χ3v) is 3.49. The van der Waals surface area contributed by atoms with Crippen LogP contribution < -0.4 is 10.3 Å². The standard InChI is InChI=1S/C11H17NOS2/c1-7(2)5-4-6-12(3)8-9(13)11(15)10(8)14/h7,14H,4-6H2,1-3H3. The zero-order valence-corrected chi connectivity index (χ0v) is 11.1. The molecular weight excluding hydrogens is 226 g/mol. The van der Waals surface area contributed by atoms with Gasteiger partial charge in [-0.1, -0.05) is 26.1 Å². The summed E-state index contributed by atoms with van der Waals surface area (Å²) in [7, 11) is 1.92. The van der Waals surface area contributed by atoms with E-state index in [1.165, 1.54) is 6.42 Å². The summed E-state index contributed by atoms with van der Waals surface area (Å²) in [4.78, 5) is 14.1. The van der Waals surface area contributed by atoms with Crippen LogP contribution in [0, 0.1) is 10.4 Å². The first kappa shape index (κ1) is 12.7. The van der Waals surface area contributed by atoms with E-state index in [-0.39, 0.29) is 5.43 Å². The Kier molecular flexibility index (Phi) is 4.34. The highest BCUT2D eigenvalue weighted by Crippen LogP contribution is 2.24. The Balaban J connectivity index is 2.52. The van der Waals surface area contributed by atoms with E-state index in [9.17, 15) is 4.79 Å². The molecule has 15 heavy (non-hydrogen) atoms. The van der Waals surface area contributed by atoms with Crippen molar-refractivity contribution in [3.05, 3.63) is 14.7 Å². The normalized spacial score (nSPS) is 11.3. The molecular formula is C11H17NOS2. The topological polar surface area (TPSA) is 20.3 Å². The van der Waals surface area contributed by atoms with E-state index in [2.05, 4.69) is 26.5 Å². The van der Waals surface area contributed by atoms with E-state index in [0.29, 0.717) is 21.0 Å². The van der Waals surface area contributed by atoms with Crippen molar-refractivity contribution < 1.29 is 0 Å². The molecule has 0 aliphatic rings. The van der Waals surface area contributed by atoms with E-state index in [4.69, 9.17) is 12.2 Å². The number of nitrogens with zero attached hydrogens (tertiary/aromatic N) is 1. The maximum atomic E-state index is 11.4. The van der Waals surface area contributed by atoms with E-state index in [1.807, 2.05) is 11.9 Å². The van der Waals surface area contributed by atoms with Gasteiger partial charge in [-0.05, 0) is 18.8 Å². The van der Waals surface area contributed by atoms with Gasteiger partial charge in [-0.25, -0.2) is 0 Å². The number of anilines is 1. The highest BCUT2D eigenvalue weighted by Gasteiger charge is 2.17. The minimum absolute atomic E-state index is 0.0259. The summed E-state index contributed by atoms with van der Waals surface area (Å²) in [6.45, 7) is 5.30. The first-order chi connectivity index (χ1) is 6.95. The molecule has 1 aromatic rings. The highest BCUT2D eigenvalue weighted by atomic mass is 32.1. The Morgan fingerprint density at radius 2 is 2.07 bits per heavy atom. The van der Waals surface area contributed by atoms with Crippen molar-refractivity contribution in [1.29, 1.82) is 0 Å². The molecule has 0 fully saturated rings. The second kappa shape index (κ2) is 5.12. The molecule has 1 rings (SSSR count). The van der Waals surface area contributed by atoms with Gasteiger partial charge in [-0.3, -0.25) is 4.79 Å². The molecule has 0 atom stereocenters. The lowest BCUT2D eigenvalue weighted by molar-refractivity contribution is 0.555. The summed E-state index contributed by atoms with van der Waals surface area (Å²) in [5.41, 5.74) is 0.661. The SMILES string of the molecule is CC(C)CCCN(C)c1c(S)c(=S)c1=O. The molecule has 0 spiro atoms. The molecule has 0 amide bonds. The van der Waals surface area contributed by atoms with Gasteiger partial charge in [-0.2, -0.15) is 0 Å². The molecule has 1 aromatic carbocycles. The van der Waals surface area contributed by atoms with Gasteiger partial charge in [0.25, 0.3) is 0 Å². The Labute approximate surface area is 101 Å². The Bertz CT molecular complexity index is 405. The number of hydrogen-bond acceptors (Lipinski definition) is 4. The fraction of sp³-hybridized carbons (Fsp3) is 0.636. The van der Waals surface area contributed by atoms with Crippen molar-refractivity contribution in [2.75, 3.05) is 18.5 Å². The van der Waals surface area contributed by atoms with Crippen molar-refractivity contribution in [2.45, 2.75) is 31.6 Å². The van der Waals surface area contributed by atoms with E-state index >= 15 is 0 Å². The molecule has 84 valence electrons. The monoisotopic (exact) mass is 243 g/mol. The minimum Gasteiger partial charge on any atom is -0.370 e. The third kappa shape index (κ3) is 2.82. The predicted octanol–water partition coefficient (Wildman–Crippen LogP) is 2.81. The van der Waals surface area contributed by atoms with Gasteiger partial charge in [0.15, 0.2) is 0 Å². The van der Waals surface area contributed by atoms with Crippen LogP contribution in [-0.2, 0) is 0 Å². The predicted molar refractivity (Wildman–Crippen MR) is 70.5 cm³/mol. The van der Waals surface area contributed by atoms with Crippen LogP contribution in [0.4, 0.5) is 5.69 Å². The molecule has 0 aliphatic carbocycles. The third-order valence-electron chi connectivity index (χ3n) is 2.52. The van der Waals surface area contributed by atoms with Gasteiger partial charge in [0.05, 0.1) is 4.90 Å². The minimum atomic E-state index is -0.0259. The largest absolute Gasteiger partial charge is 0.370 e. The summed E-state index contributed by atoms with van der Waals surface area (Å²) < 4.78 is 0.379. The lowest BCUT2D eigenvalue weighted by atomic mass is 10.1. The Hall–Kier alpha value is -0.350. The van der Waals surface area contributed by atoms with Crippen LogP contribution in [0.1, 0.15) is 26.7 Å². The molecule has 0 saturated heterocycles. The molecule has 4 heteroatoms. The van der Waals surface area contributed by atoms with Crippen LogP contribution in [0.15, 0.2) is 9.69 Å². The molecule has 0 aliphatic heterocycles. The Morgan fingerprint density at radius 3 is 2.53 bits per heavy atom. The van der Waals surface area contributed by atoms with Crippen molar-refractivity contribution >= 4 is 30.5 Å². The van der Waals surface area contributed by atoms with Crippen molar-refractivity contribution in [3.8, 4) is 0 Å². The lowest BCUT2D eigenvalue weighted by Crippen LogP contribution is -2.29. The van der Waals surface area contributed by atoms with Crippen LogP contribution >= 0.6 is 24.8 Å². The fourth-order valence-corrected chi connectivity index (χ4v) is 2.14. The zero-order chi connectivity index (χ0) is 11.6. The fourth-order valence-electron chi connectivity index (χ4n) is 1.57. The second-order valence-electron chi connectivity index (χ2n) is 4.31. The van der Waals surface area contributed by atoms with Gasteiger partial charge in [0, 0.05) is 13.6 Å². The molecule has 0 N–H and O–H groups in total. The van der Waals surface area contributed by atoms with Crippen LogP contribution in [0.2, 0.25) is 0 Å². The second-order valence-corrected chi connectivity index (χ2v) is 5.17. The maximum Gasteiger partial charge on any atom is 0.222 e.